The summed E-state index contributed by atoms with van der Waals surface area (Å²) in [5.74, 6) is -1.38. The van der Waals surface area contributed by atoms with Crippen LogP contribution in [0.15, 0.2) is 79.1 Å². The minimum atomic E-state index is -0.470. The summed E-state index contributed by atoms with van der Waals surface area (Å²) in [6.07, 6.45) is 3.24. The molecule has 2 saturated heterocycles. The number of pyridine rings is 1. The highest BCUT2D eigenvalue weighted by Gasteiger charge is 2.50. The highest BCUT2D eigenvalue weighted by molar-refractivity contribution is 5.99. The van der Waals surface area contributed by atoms with E-state index in [9.17, 15) is 14.0 Å². The lowest BCUT2D eigenvalue weighted by atomic mass is 9.83. The van der Waals surface area contributed by atoms with Gasteiger partial charge in [0.25, 0.3) is 0 Å². The molecule has 3 unspecified atom stereocenters. The molecule has 5 rings (SSSR count). The molecule has 2 aromatic carbocycles. The van der Waals surface area contributed by atoms with E-state index < -0.39 is 5.92 Å². The van der Waals surface area contributed by atoms with Gasteiger partial charge in [0.1, 0.15) is 5.82 Å². The van der Waals surface area contributed by atoms with Crippen LogP contribution >= 0.6 is 0 Å². The predicted octanol–water partition coefficient (Wildman–Crippen LogP) is 2.83. The van der Waals surface area contributed by atoms with Crippen LogP contribution in [0.5, 0.6) is 0 Å². The van der Waals surface area contributed by atoms with E-state index in [2.05, 4.69) is 20.6 Å². The maximum absolute atomic E-state index is 13.4. The first-order valence-corrected chi connectivity index (χ1v) is 10.9. The number of hydrogen-bond acceptors (Lipinski definition) is 5. The molecule has 3 heterocycles. The Balaban J connectivity index is 1.41. The Hall–Kier alpha value is -3.62. The highest BCUT2D eigenvalue weighted by atomic mass is 19.1. The SMILES string of the molecule is O=C(Nc1cccnc1)C1CN(Cc2ccc(F)cc2)CC2C(=O)N(c3ccccc3)NC12. The number of anilines is 2. The second kappa shape index (κ2) is 9.09. The molecule has 3 aromatic rings. The van der Waals surface area contributed by atoms with Crippen LogP contribution in [0.1, 0.15) is 5.56 Å². The van der Waals surface area contributed by atoms with E-state index in [-0.39, 0.29) is 29.6 Å². The van der Waals surface area contributed by atoms with Crippen LogP contribution in [0.25, 0.3) is 0 Å². The van der Waals surface area contributed by atoms with Gasteiger partial charge in [-0.15, -0.1) is 0 Å². The highest BCUT2D eigenvalue weighted by Crippen LogP contribution is 2.33. The summed E-state index contributed by atoms with van der Waals surface area (Å²) in [4.78, 5) is 32.8. The first kappa shape index (κ1) is 21.2. The zero-order valence-electron chi connectivity index (χ0n) is 17.9. The molecule has 0 bridgehead atoms. The molecule has 168 valence electrons. The molecule has 1 aromatic heterocycles. The molecule has 0 saturated carbocycles. The van der Waals surface area contributed by atoms with E-state index in [1.165, 1.54) is 12.1 Å². The standard InChI is InChI=1S/C25H24FN5O2/c26-18-10-8-17(9-11-18)14-30-15-21(24(32)28-19-5-4-12-27-13-19)23-22(16-30)25(33)31(29-23)20-6-2-1-3-7-20/h1-13,21-23,29H,14-16H2,(H,28,32). The summed E-state index contributed by atoms with van der Waals surface area (Å²) in [5.41, 5.74) is 5.58. The molecule has 0 aliphatic carbocycles. The Morgan fingerprint density at radius 3 is 2.58 bits per heavy atom. The smallest absolute Gasteiger partial charge is 0.247 e. The van der Waals surface area contributed by atoms with Crippen molar-refractivity contribution in [1.29, 1.82) is 0 Å². The van der Waals surface area contributed by atoms with Gasteiger partial charge in [0.2, 0.25) is 11.8 Å². The number of piperidine rings is 1. The van der Waals surface area contributed by atoms with E-state index in [1.807, 2.05) is 30.3 Å². The molecule has 0 radical (unpaired) electrons. The third-order valence-corrected chi connectivity index (χ3v) is 6.19. The first-order valence-electron chi connectivity index (χ1n) is 10.9. The summed E-state index contributed by atoms with van der Waals surface area (Å²) in [5, 5.41) is 4.49. The minimum Gasteiger partial charge on any atom is -0.324 e. The summed E-state index contributed by atoms with van der Waals surface area (Å²) >= 11 is 0. The predicted molar refractivity (Wildman–Crippen MR) is 122 cm³/mol. The average molecular weight is 445 g/mol. The summed E-state index contributed by atoms with van der Waals surface area (Å²) in [7, 11) is 0. The number of amides is 2. The number of hydrogen-bond donors (Lipinski definition) is 2. The molecule has 8 heteroatoms. The lowest BCUT2D eigenvalue weighted by Gasteiger charge is -2.38. The lowest BCUT2D eigenvalue weighted by molar-refractivity contribution is -0.126. The molecule has 0 spiro atoms. The van der Waals surface area contributed by atoms with Crippen molar-refractivity contribution in [2.45, 2.75) is 12.6 Å². The van der Waals surface area contributed by atoms with Crippen molar-refractivity contribution in [2.75, 3.05) is 23.4 Å². The van der Waals surface area contributed by atoms with Gasteiger partial charge in [-0.3, -0.25) is 19.5 Å². The number of hydrazine groups is 1. The number of carbonyl (C=O) groups excluding carboxylic acids is 2. The van der Waals surface area contributed by atoms with Crippen LogP contribution in [0, 0.1) is 17.7 Å². The Labute approximate surface area is 191 Å². The van der Waals surface area contributed by atoms with Gasteiger partial charge in [-0.2, -0.15) is 0 Å². The normalized spacial score (nSPS) is 22.8. The van der Waals surface area contributed by atoms with Crippen molar-refractivity contribution in [2.24, 2.45) is 11.8 Å². The average Bonchev–Trinajstić information content (AvgIpc) is 3.17. The second-order valence-corrected chi connectivity index (χ2v) is 8.43. The largest absolute Gasteiger partial charge is 0.324 e. The van der Waals surface area contributed by atoms with Crippen LogP contribution in [0.3, 0.4) is 0 Å². The molecule has 2 aliphatic rings. The number of halogens is 1. The van der Waals surface area contributed by atoms with E-state index >= 15 is 0 Å². The number of benzene rings is 2. The molecule has 2 amide bonds. The first-order chi connectivity index (χ1) is 16.1. The maximum atomic E-state index is 13.4. The Morgan fingerprint density at radius 2 is 1.85 bits per heavy atom. The van der Waals surface area contributed by atoms with Gasteiger partial charge in [-0.1, -0.05) is 30.3 Å². The van der Waals surface area contributed by atoms with Crippen molar-refractivity contribution in [3.8, 4) is 0 Å². The zero-order chi connectivity index (χ0) is 22.8. The molecule has 2 N–H and O–H groups in total. The van der Waals surface area contributed by atoms with Gasteiger partial charge in [0, 0.05) is 25.8 Å². The van der Waals surface area contributed by atoms with Crippen molar-refractivity contribution < 1.29 is 14.0 Å². The summed E-state index contributed by atoms with van der Waals surface area (Å²) in [6, 6.07) is 18.9. The number of nitrogens with zero attached hydrogens (tertiary/aromatic N) is 3. The molecule has 3 atom stereocenters. The molecular weight excluding hydrogens is 421 g/mol. The van der Waals surface area contributed by atoms with Crippen LogP contribution in [0.2, 0.25) is 0 Å². The van der Waals surface area contributed by atoms with Gasteiger partial charge in [-0.25, -0.2) is 14.8 Å². The summed E-state index contributed by atoms with van der Waals surface area (Å²) in [6.45, 7) is 1.50. The topological polar surface area (TPSA) is 77.6 Å². The fraction of sp³-hybridized carbons (Fsp3) is 0.240. The Kier molecular flexibility index (Phi) is 5.85. The number of para-hydroxylation sites is 1. The fourth-order valence-corrected chi connectivity index (χ4v) is 4.60. The van der Waals surface area contributed by atoms with Crippen LogP contribution < -0.4 is 15.8 Å². The quantitative estimate of drug-likeness (QED) is 0.632. The van der Waals surface area contributed by atoms with Gasteiger partial charge in [0.15, 0.2) is 0 Å². The third-order valence-electron chi connectivity index (χ3n) is 6.19. The molecular formula is C25H24FN5O2. The second-order valence-electron chi connectivity index (χ2n) is 8.43. The fourth-order valence-electron chi connectivity index (χ4n) is 4.60. The molecule has 33 heavy (non-hydrogen) atoms. The Morgan fingerprint density at radius 1 is 1.06 bits per heavy atom. The number of fused-ring (bicyclic) bond motifs is 1. The van der Waals surface area contributed by atoms with Crippen molar-refractivity contribution >= 4 is 23.2 Å². The van der Waals surface area contributed by atoms with E-state index in [0.29, 0.717) is 25.3 Å². The van der Waals surface area contributed by atoms with Crippen molar-refractivity contribution in [1.82, 2.24) is 15.3 Å². The summed E-state index contributed by atoms with van der Waals surface area (Å²) < 4.78 is 13.3. The third kappa shape index (κ3) is 4.48. The van der Waals surface area contributed by atoms with Crippen LogP contribution in [-0.2, 0) is 16.1 Å². The van der Waals surface area contributed by atoms with Crippen LogP contribution in [0.4, 0.5) is 15.8 Å². The van der Waals surface area contributed by atoms with Crippen molar-refractivity contribution in [3.63, 3.8) is 0 Å². The van der Waals surface area contributed by atoms with Crippen LogP contribution in [-0.4, -0.2) is 40.8 Å². The Bertz CT molecular complexity index is 1130. The molecule has 2 fully saturated rings. The number of aromatic nitrogens is 1. The number of likely N-dealkylation sites (tertiary alicyclic amines) is 1. The maximum Gasteiger partial charge on any atom is 0.247 e. The van der Waals surface area contributed by atoms with E-state index in [4.69, 9.17) is 0 Å². The van der Waals surface area contributed by atoms with Gasteiger partial charge >= 0.3 is 0 Å². The van der Waals surface area contributed by atoms with Crippen molar-refractivity contribution in [3.05, 3.63) is 90.5 Å². The van der Waals surface area contributed by atoms with Gasteiger partial charge in [0.05, 0.1) is 35.4 Å². The van der Waals surface area contributed by atoms with E-state index in [1.54, 1.807) is 41.7 Å². The molecule has 2 aliphatic heterocycles. The van der Waals surface area contributed by atoms with E-state index in [0.717, 1.165) is 11.3 Å². The lowest BCUT2D eigenvalue weighted by Crippen LogP contribution is -2.55. The number of rotatable bonds is 5. The monoisotopic (exact) mass is 445 g/mol. The molecule has 7 nitrogen and oxygen atoms in total. The minimum absolute atomic E-state index is 0.0609. The zero-order valence-corrected chi connectivity index (χ0v) is 17.9. The number of nitrogens with one attached hydrogen (secondary N) is 2. The number of carbonyl (C=O) groups is 2. The van der Waals surface area contributed by atoms with Gasteiger partial charge < -0.3 is 5.32 Å². The van der Waals surface area contributed by atoms with Gasteiger partial charge in [-0.05, 0) is 42.0 Å².